The number of hydrogen-bond acceptors (Lipinski definition) is 4. The number of carbonyl (C=O) groups is 1. The maximum absolute atomic E-state index is 12.0. The molecule has 2 heterocycles. The molecule has 1 amide bonds. The van der Waals surface area contributed by atoms with Crippen molar-refractivity contribution in [3.8, 4) is 0 Å². The molecule has 0 bridgehead atoms. The molecule has 0 unspecified atom stereocenters. The fourth-order valence-electron chi connectivity index (χ4n) is 3.10. The Morgan fingerprint density at radius 1 is 1.20 bits per heavy atom. The molecule has 25 heavy (non-hydrogen) atoms. The van der Waals surface area contributed by atoms with E-state index in [1.165, 1.54) is 22.4 Å². The molecular formula is C18H22N4O3. The highest BCUT2D eigenvalue weighted by Crippen LogP contribution is 2.17. The first-order valence-electron chi connectivity index (χ1n) is 8.43. The Morgan fingerprint density at radius 3 is 2.76 bits per heavy atom. The first kappa shape index (κ1) is 17.2. The normalized spacial score (nSPS) is 17.5. The highest BCUT2D eigenvalue weighted by Gasteiger charge is 2.22. The molecule has 1 aromatic heterocycles. The van der Waals surface area contributed by atoms with E-state index >= 15 is 0 Å². The van der Waals surface area contributed by atoms with Crippen molar-refractivity contribution in [2.75, 3.05) is 19.6 Å². The average molecular weight is 342 g/mol. The summed E-state index contributed by atoms with van der Waals surface area (Å²) in [5.41, 5.74) is 0.258. The lowest BCUT2D eigenvalue weighted by Gasteiger charge is -2.16. The zero-order chi connectivity index (χ0) is 17.6. The number of nitrogens with zero attached hydrogens (tertiary/aromatic N) is 2. The second kappa shape index (κ2) is 7.94. The summed E-state index contributed by atoms with van der Waals surface area (Å²) in [6.07, 6.45) is 2.38. The van der Waals surface area contributed by atoms with Gasteiger partial charge in [0.2, 0.25) is 5.91 Å². The summed E-state index contributed by atoms with van der Waals surface area (Å²) in [5, 5.41) is 2.88. The smallest absolute Gasteiger partial charge is 0.328 e. The molecule has 1 saturated heterocycles. The van der Waals surface area contributed by atoms with Crippen LogP contribution >= 0.6 is 0 Å². The van der Waals surface area contributed by atoms with Crippen LogP contribution in [0.15, 0.2) is 52.2 Å². The monoisotopic (exact) mass is 342 g/mol. The SMILES string of the molecule is O=C(Cn1ccc(=O)[nH]c1=O)NC[C@@H]1CCN(Cc2ccccc2)C1. The first-order chi connectivity index (χ1) is 12.1. The Labute approximate surface area is 145 Å². The highest BCUT2D eigenvalue weighted by atomic mass is 16.2. The largest absolute Gasteiger partial charge is 0.354 e. The summed E-state index contributed by atoms with van der Waals surface area (Å²) in [5.74, 6) is 0.190. The molecule has 1 atom stereocenters. The number of hydrogen-bond donors (Lipinski definition) is 2. The van der Waals surface area contributed by atoms with Crippen LogP contribution in [0.3, 0.4) is 0 Å². The van der Waals surface area contributed by atoms with Crippen molar-refractivity contribution in [3.05, 3.63) is 69.0 Å². The number of carbonyl (C=O) groups excluding carboxylic acids is 1. The summed E-state index contributed by atoms with van der Waals surface area (Å²) < 4.78 is 1.19. The second-order valence-corrected chi connectivity index (χ2v) is 6.42. The molecule has 0 aliphatic carbocycles. The van der Waals surface area contributed by atoms with Crippen molar-refractivity contribution < 1.29 is 4.79 Å². The molecule has 132 valence electrons. The molecule has 2 N–H and O–H groups in total. The summed E-state index contributed by atoms with van der Waals surface area (Å²) >= 11 is 0. The van der Waals surface area contributed by atoms with Crippen molar-refractivity contribution in [1.82, 2.24) is 19.8 Å². The minimum absolute atomic E-state index is 0.0872. The lowest BCUT2D eigenvalue weighted by atomic mass is 10.1. The number of amides is 1. The number of H-pyrrole nitrogens is 1. The number of nitrogens with one attached hydrogen (secondary N) is 2. The van der Waals surface area contributed by atoms with Crippen LogP contribution in [0, 0.1) is 5.92 Å². The highest BCUT2D eigenvalue weighted by molar-refractivity contribution is 5.75. The number of rotatable bonds is 6. The van der Waals surface area contributed by atoms with Gasteiger partial charge in [0.15, 0.2) is 0 Å². The van der Waals surface area contributed by atoms with Crippen LogP contribution in [0.25, 0.3) is 0 Å². The van der Waals surface area contributed by atoms with Crippen molar-refractivity contribution in [1.29, 1.82) is 0 Å². The zero-order valence-corrected chi connectivity index (χ0v) is 14.0. The van der Waals surface area contributed by atoms with Gasteiger partial charge in [-0.05, 0) is 24.4 Å². The maximum Gasteiger partial charge on any atom is 0.328 e. The van der Waals surface area contributed by atoms with Gasteiger partial charge >= 0.3 is 5.69 Å². The molecule has 1 aromatic carbocycles. The summed E-state index contributed by atoms with van der Waals surface area (Å²) in [6.45, 7) is 3.42. The topological polar surface area (TPSA) is 87.2 Å². The minimum atomic E-state index is -0.572. The number of benzene rings is 1. The van der Waals surface area contributed by atoms with Gasteiger partial charge in [0.25, 0.3) is 5.56 Å². The van der Waals surface area contributed by atoms with Gasteiger partial charge in [-0.1, -0.05) is 30.3 Å². The van der Waals surface area contributed by atoms with E-state index in [4.69, 9.17) is 0 Å². The van der Waals surface area contributed by atoms with E-state index in [0.29, 0.717) is 12.5 Å². The average Bonchev–Trinajstić information content (AvgIpc) is 3.04. The molecule has 0 radical (unpaired) electrons. The quantitative estimate of drug-likeness (QED) is 0.784. The van der Waals surface area contributed by atoms with Crippen LogP contribution in [0.2, 0.25) is 0 Å². The van der Waals surface area contributed by atoms with E-state index in [-0.39, 0.29) is 12.5 Å². The van der Waals surface area contributed by atoms with Gasteiger partial charge < -0.3 is 5.32 Å². The van der Waals surface area contributed by atoms with Crippen LogP contribution in [0.1, 0.15) is 12.0 Å². The number of aromatic nitrogens is 2. The maximum atomic E-state index is 12.0. The third kappa shape index (κ3) is 4.90. The van der Waals surface area contributed by atoms with E-state index in [2.05, 4.69) is 27.3 Å². The molecule has 7 heteroatoms. The fraction of sp³-hybridized carbons (Fsp3) is 0.389. The Bertz CT molecular complexity index is 828. The van der Waals surface area contributed by atoms with E-state index in [1.54, 1.807) is 0 Å². The minimum Gasteiger partial charge on any atom is -0.354 e. The van der Waals surface area contributed by atoms with Crippen molar-refractivity contribution in [2.24, 2.45) is 5.92 Å². The molecule has 1 aliphatic heterocycles. The summed E-state index contributed by atoms with van der Waals surface area (Å²) in [6, 6.07) is 11.6. The molecule has 1 fully saturated rings. The summed E-state index contributed by atoms with van der Waals surface area (Å²) in [4.78, 5) is 39.1. The van der Waals surface area contributed by atoms with Crippen LogP contribution < -0.4 is 16.6 Å². The Morgan fingerprint density at radius 2 is 2.00 bits per heavy atom. The number of aromatic amines is 1. The van der Waals surface area contributed by atoms with Gasteiger partial charge in [0, 0.05) is 31.9 Å². The molecule has 2 aromatic rings. The predicted octanol–water partition coefficient (Wildman–Crippen LogP) is 0.175. The van der Waals surface area contributed by atoms with Crippen LogP contribution in [0.4, 0.5) is 0 Å². The first-order valence-corrected chi connectivity index (χ1v) is 8.43. The molecule has 1 aliphatic rings. The zero-order valence-electron chi connectivity index (χ0n) is 14.0. The third-order valence-electron chi connectivity index (χ3n) is 4.42. The lowest BCUT2D eigenvalue weighted by molar-refractivity contribution is -0.121. The molecule has 0 spiro atoms. The summed E-state index contributed by atoms with van der Waals surface area (Å²) in [7, 11) is 0. The lowest BCUT2D eigenvalue weighted by Crippen LogP contribution is -2.37. The van der Waals surface area contributed by atoms with Crippen molar-refractivity contribution in [2.45, 2.75) is 19.5 Å². The van der Waals surface area contributed by atoms with Crippen molar-refractivity contribution >= 4 is 5.91 Å². The van der Waals surface area contributed by atoms with E-state index in [0.717, 1.165) is 26.1 Å². The molecule has 3 rings (SSSR count). The van der Waals surface area contributed by atoms with Gasteiger partial charge in [0.05, 0.1) is 0 Å². The molecule has 0 saturated carbocycles. The number of likely N-dealkylation sites (tertiary alicyclic amines) is 1. The van der Waals surface area contributed by atoms with Gasteiger partial charge in [-0.25, -0.2) is 4.79 Å². The van der Waals surface area contributed by atoms with E-state index in [1.807, 2.05) is 18.2 Å². The predicted molar refractivity (Wildman–Crippen MR) is 94.2 cm³/mol. The molecular weight excluding hydrogens is 320 g/mol. The van der Waals surface area contributed by atoms with E-state index < -0.39 is 11.2 Å². The fourth-order valence-corrected chi connectivity index (χ4v) is 3.10. The Kier molecular flexibility index (Phi) is 5.45. The van der Waals surface area contributed by atoms with Gasteiger partial charge in [-0.3, -0.25) is 24.0 Å². The van der Waals surface area contributed by atoms with Gasteiger partial charge in [0.1, 0.15) is 6.54 Å². The third-order valence-corrected chi connectivity index (χ3v) is 4.42. The van der Waals surface area contributed by atoms with Crippen LogP contribution in [-0.2, 0) is 17.9 Å². The second-order valence-electron chi connectivity index (χ2n) is 6.42. The van der Waals surface area contributed by atoms with E-state index in [9.17, 15) is 14.4 Å². The van der Waals surface area contributed by atoms with Crippen LogP contribution in [0.5, 0.6) is 0 Å². The Balaban J connectivity index is 1.44. The van der Waals surface area contributed by atoms with Gasteiger partial charge in [-0.2, -0.15) is 0 Å². The molecule has 7 nitrogen and oxygen atoms in total. The Hall–Kier alpha value is -2.67. The standard InChI is InChI=1S/C18H22N4O3/c23-16-7-9-22(18(25)20-16)13-17(24)19-10-15-6-8-21(12-15)11-14-4-2-1-3-5-14/h1-5,7,9,15H,6,8,10-13H2,(H,19,24)(H,20,23,25)/t15-/m0/s1. The van der Waals surface area contributed by atoms with Crippen molar-refractivity contribution in [3.63, 3.8) is 0 Å². The van der Waals surface area contributed by atoms with Crippen LogP contribution in [-0.4, -0.2) is 40.0 Å². The van der Waals surface area contributed by atoms with Gasteiger partial charge in [-0.15, -0.1) is 0 Å².